The Bertz CT molecular complexity index is 565. The Morgan fingerprint density at radius 1 is 1.25 bits per heavy atom. The summed E-state index contributed by atoms with van der Waals surface area (Å²) in [4.78, 5) is 0.422. The molecule has 0 fully saturated rings. The smallest absolute Gasteiger partial charge is 0.243 e. The van der Waals surface area contributed by atoms with Crippen LogP contribution < -0.4 is 5.32 Å². The van der Waals surface area contributed by atoms with Crippen molar-refractivity contribution in [1.82, 2.24) is 9.62 Å². The van der Waals surface area contributed by atoms with E-state index < -0.39 is 10.0 Å². The van der Waals surface area contributed by atoms with Gasteiger partial charge in [0.05, 0.1) is 4.90 Å². The first-order valence-electron chi connectivity index (χ1n) is 6.91. The van der Waals surface area contributed by atoms with Crippen molar-refractivity contribution in [2.75, 3.05) is 20.6 Å². The lowest BCUT2D eigenvalue weighted by Gasteiger charge is -2.21. The summed E-state index contributed by atoms with van der Waals surface area (Å²) in [6.07, 6.45) is 0. The van der Waals surface area contributed by atoms with E-state index in [4.69, 9.17) is 0 Å². The predicted molar refractivity (Wildman–Crippen MR) is 83.3 cm³/mol. The molecule has 0 saturated heterocycles. The third-order valence-electron chi connectivity index (χ3n) is 3.37. The zero-order valence-electron chi connectivity index (χ0n) is 13.3. The van der Waals surface area contributed by atoms with E-state index in [2.05, 4.69) is 5.32 Å². The summed E-state index contributed by atoms with van der Waals surface area (Å²) in [6.45, 7) is 9.04. The van der Waals surface area contributed by atoms with E-state index in [0.29, 0.717) is 23.9 Å². The van der Waals surface area contributed by atoms with E-state index in [-0.39, 0.29) is 0 Å². The quantitative estimate of drug-likeness (QED) is 0.876. The average Bonchev–Trinajstić information content (AvgIpc) is 2.32. The first kappa shape index (κ1) is 17.1. The summed E-state index contributed by atoms with van der Waals surface area (Å²) in [5.74, 6) is 0.302. The van der Waals surface area contributed by atoms with Gasteiger partial charge in [-0.3, -0.25) is 0 Å². The van der Waals surface area contributed by atoms with Gasteiger partial charge < -0.3 is 5.32 Å². The van der Waals surface area contributed by atoms with Crippen molar-refractivity contribution in [2.45, 2.75) is 39.1 Å². The van der Waals surface area contributed by atoms with E-state index in [9.17, 15) is 8.42 Å². The van der Waals surface area contributed by atoms with Crippen molar-refractivity contribution >= 4 is 10.0 Å². The van der Waals surface area contributed by atoms with Crippen LogP contribution in [0, 0.1) is 19.8 Å². The zero-order valence-corrected chi connectivity index (χ0v) is 14.1. The second-order valence-electron chi connectivity index (χ2n) is 5.75. The van der Waals surface area contributed by atoms with Gasteiger partial charge in [-0.2, -0.15) is 0 Å². The maximum atomic E-state index is 12.7. The molecule has 0 atom stereocenters. The number of nitrogens with one attached hydrogen (secondary N) is 1. The van der Waals surface area contributed by atoms with Crippen LogP contribution in [0.3, 0.4) is 0 Å². The van der Waals surface area contributed by atoms with Crippen LogP contribution in [-0.4, -0.2) is 33.4 Å². The maximum Gasteiger partial charge on any atom is 0.243 e. The Kier molecular flexibility index (Phi) is 5.74. The highest BCUT2D eigenvalue weighted by molar-refractivity contribution is 7.89. The topological polar surface area (TPSA) is 49.4 Å². The highest BCUT2D eigenvalue weighted by Crippen LogP contribution is 2.24. The van der Waals surface area contributed by atoms with Crippen LogP contribution in [0.2, 0.25) is 0 Å². The lowest BCUT2D eigenvalue weighted by Crippen LogP contribution is -2.31. The molecule has 1 aromatic carbocycles. The van der Waals surface area contributed by atoms with Crippen molar-refractivity contribution in [3.05, 3.63) is 28.8 Å². The first-order chi connectivity index (χ1) is 9.20. The van der Waals surface area contributed by atoms with Crippen molar-refractivity contribution in [1.29, 1.82) is 0 Å². The van der Waals surface area contributed by atoms with Crippen molar-refractivity contribution < 1.29 is 8.42 Å². The van der Waals surface area contributed by atoms with Crippen LogP contribution in [0.15, 0.2) is 17.0 Å². The normalized spacial score (nSPS) is 12.4. The van der Waals surface area contributed by atoms with Gasteiger partial charge in [-0.15, -0.1) is 0 Å². The van der Waals surface area contributed by atoms with Gasteiger partial charge in [-0.05, 0) is 49.6 Å². The van der Waals surface area contributed by atoms with Crippen molar-refractivity contribution in [2.24, 2.45) is 5.92 Å². The molecule has 0 bridgehead atoms. The van der Waals surface area contributed by atoms with Crippen LogP contribution in [-0.2, 0) is 16.6 Å². The van der Waals surface area contributed by atoms with Gasteiger partial charge in [0.25, 0.3) is 0 Å². The summed E-state index contributed by atoms with van der Waals surface area (Å²) < 4.78 is 26.9. The number of nitrogens with zero attached hydrogens (tertiary/aromatic N) is 1. The third kappa shape index (κ3) is 3.81. The number of hydrogen-bond donors (Lipinski definition) is 1. The monoisotopic (exact) mass is 298 g/mol. The minimum atomic E-state index is -3.42. The standard InChI is InChI=1S/C15H26N2O2S/c1-11(2)10-17(6)20(18,19)15-8-14(9-16-5)7-12(3)13(15)4/h7-8,11,16H,9-10H2,1-6H3. The van der Waals surface area contributed by atoms with Crippen LogP contribution >= 0.6 is 0 Å². The molecule has 5 heteroatoms. The minimum absolute atomic E-state index is 0.302. The van der Waals surface area contributed by atoms with Crippen molar-refractivity contribution in [3.63, 3.8) is 0 Å². The summed E-state index contributed by atoms with van der Waals surface area (Å²) in [5.41, 5.74) is 2.84. The molecule has 0 radical (unpaired) electrons. The number of sulfonamides is 1. The number of hydrogen-bond acceptors (Lipinski definition) is 3. The molecule has 1 aromatic rings. The van der Waals surface area contributed by atoms with Gasteiger partial charge in [0.2, 0.25) is 10.0 Å². The molecule has 0 unspecified atom stereocenters. The van der Waals surface area contributed by atoms with Crippen LogP contribution in [0.1, 0.15) is 30.5 Å². The van der Waals surface area contributed by atoms with Gasteiger partial charge in [0, 0.05) is 20.1 Å². The molecule has 0 heterocycles. The fourth-order valence-electron chi connectivity index (χ4n) is 2.25. The average molecular weight is 298 g/mol. The van der Waals surface area contributed by atoms with E-state index in [1.807, 2.05) is 40.8 Å². The summed E-state index contributed by atoms with van der Waals surface area (Å²) in [7, 11) is 0.0806. The molecular formula is C15H26N2O2S. The molecule has 4 nitrogen and oxygen atoms in total. The molecule has 1 N–H and O–H groups in total. The van der Waals surface area contributed by atoms with Gasteiger partial charge in [-0.1, -0.05) is 19.9 Å². The predicted octanol–water partition coefficient (Wildman–Crippen LogP) is 2.30. The molecule has 0 aliphatic carbocycles. The number of rotatable bonds is 6. The Labute approximate surface area is 123 Å². The Morgan fingerprint density at radius 2 is 1.85 bits per heavy atom. The Morgan fingerprint density at radius 3 is 2.35 bits per heavy atom. The van der Waals surface area contributed by atoms with Gasteiger partial charge >= 0.3 is 0 Å². The van der Waals surface area contributed by atoms with Gasteiger partial charge in [-0.25, -0.2) is 12.7 Å². The van der Waals surface area contributed by atoms with Gasteiger partial charge in [0.15, 0.2) is 0 Å². The lowest BCUT2D eigenvalue weighted by atomic mass is 10.1. The highest BCUT2D eigenvalue weighted by Gasteiger charge is 2.24. The summed E-state index contributed by atoms with van der Waals surface area (Å²) >= 11 is 0. The molecule has 0 aliphatic rings. The number of aryl methyl sites for hydroxylation is 1. The molecule has 20 heavy (non-hydrogen) atoms. The fraction of sp³-hybridized carbons (Fsp3) is 0.600. The lowest BCUT2D eigenvalue weighted by molar-refractivity contribution is 0.417. The zero-order chi connectivity index (χ0) is 15.5. The minimum Gasteiger partial charge on any atom is -0.316 e. The van der Waals surface area contributed by atoms with Crippen LogP contribution in [0.25, 0.3) is 0 Å². The maximum absolute atomic E-state index is 12.7. The molecule has 0 aromatic heterocycles. The molecule has 1 rings (SSSR count). The molecule has 0 spiro atoms. The van der Waals surface area contributed by atoms with Gasteiger partial charge in [0.1, 0.15) is 0 Å². The highest BCUT2D eigenvalue weighted by atomic mass is 32.2. The largest absolute Gasteiger partial charge is 0.316 e. The molecule has 0 amide bonds. The summed E-state index contributed by atoms with van der Waals surface area (Å²) in [5, 5.41) is 3.06. The molecule has 0 aliphatic heterocycles. The van der Waals surface area contributed by atoms with Crippen LogP contribution in [0.4, 0.5) is 0 Å². The van der Waals surface area contributed by atoms with E-state index in [1.54, 1.807) is 13.1 Å². The van der Waals surface area contributed by atoms with Crippen molar-refractivity contribution in [3.8, 4) is 0 Å². The van der Waals surface area contributed by atoms with E-state index in [1.165, 1.54) is 4.31 Å². The Balaban J connectivity index is 3.29. The van der Waals surface area contributed by atoms with E-state index in [0.717, 1.165) is 16.7 Å². The third-order valence-corrected chi connectivity index (χ3v) is 5.32. The SMILES string of the molecule is CNCc1cc(C)c(C)c(S(=O)(=O)N(C)CC(C)C)c1. The Hall–Kier alpha value is -0.910. The molecule has 0 saturated carbocycles. The second-order valence-corrected chi connectivity index (χ2v) is 7.76. The fourth-order valence-corrected chi connectivity index (χ4v) is 3.93. The van der Waals surface area contributed by atoms with Crippen LogP contribution in [0.5, 0.6) is 0 Å². The summed E-state index contributed by atoms with van der Waals surface area (Å²) in [6, 6.07) is 3.82. The van der Waals surface area contributed by atoms with E-state index >= 15 is 0 Å². The second kappa shape index (κ2) is 6.70. The molecular weight excluding hydrogens is 272 g/mol. The number of benzene rings is 1. The first-order valence-corrected chi connectivity index (χ1v) is 8.35. The molecule has 114 valence electrons.